The Morgan fingerprint density at radius 3 is 2.27 bits per heavy atom. The van der Waals surface area contributed by atoms with Gasteiger partial charge in [-0.15, -0.1) is 0 Å². The lowest BCUT2D eigenvalue weighted by Crippen LogP contribution is -2.39. The van der Waals surface area contributed by atoms with Crippen LogP contribution in [0.4, 0.5) is 14.9 Å². The van der Waals surface area contributed by atoms with E-state index in [1.165, 1.54) is 18.2 Å². The van der Waals surface area contributed by atoms with Gasteiger partial charge in [0.15, 0.2) is 0 Å². The molecule has 0 unspecified atom stereocenters. The highest BCUT2D eigenvalue weighted by molar-refractivity contribution is 6.12. The van der Waals surface area contributed by atoms with Gasteiger partial charge in [0.25, 0.3) is 11.8 Å². The van der Waals surface area contributed by atoms with Crippen LogP contribution in [0.25, 0.3) is 0 Å². The first kappa shape index (κ1) is 33.1. The van der Waals surface area contributed by atoms with Crippen LogP contribution in [0, 0.1) is 11.8 Å². The van der Waals surface area contributed by atoms with E-state index in [9.17, 15) is 29.1 Å². The first-order valence-corrected chi connectivity index (χ1v) is 13.8. The Hall–Kier alpha value is -4.06. The fraction of sp³-hybridized carbons (Fsp3) is 0.483. The van der Waals surface area contributed by atoms with Crippen molar-refractivity contribution in [1.82, 2.24) is 15.5 Å². The van der Waals surface area contributed by atoms with E-state index in [0.717, 1.165) is 4.90 Å². The Bertz CT molecular complexity index is 1120. The summed E-state index contributed by atoms with van der Waals surface area (Å²) in [5, 5.41) is 17.1. The highest BCUT2D eigenvalue weighted by Gasteiger charge is 2.25. The topological polar surface area (TPSA) is 171 Å². The Balaban J connectivity index is 1.98. The molecule has 2 atom stereocenters. The van der Waals surface area contributed by atoms with Crippen LogP contribution in [0.2, 0.25) is 0 Å². The number of primary amides is 1. The average Bonchev–Trinajstić information content (AvgIpc) is 3.25. The van der Waals surface area contributed by atoms with Crippen molar-refractivity contribution in [3.05, 3.63) is 53.9 Å². The normalized spacial score (nSPS) is 14.8. The van der Waals surface area contributed by atoms with Gasteiger partial charge in [-0.3, -0.25) is 24.1 Å². The number of aliphatic hydroxyl groups excluding tert-OH is 1. The standard InChI is InChI=1S/C29H40FN5O6/c1-19(2)27(34-24(37)8-4-3-5-16-35-25(38)13-14-26(35)39)23(30)17-21(7-6-15-32-29(31)41)28(40)33-22-11-9-20(18-36)10-12-22/h9-14,17,19,21,27,36H,3-8,15-16,18H2,1-2H3,(H,33,40)(H,34,37)(H3,31,32,41)/b23-17-/t21-,27+/m1/s1. The number of imide groups is 1. The molecule has 0 spiro atoms. The van der Waals surface area contributed by atoms with Crippen molar-refractivity contribution in [2.45, 2.75) is 65.0 Å². The maximum absolute atomic E-state index is 15.5. The monoisotopic (exact) mass is 573 g/mol. The van der Waals surface area contributed by atoms with Crippen molar-refractivity contribution in [2.24, 2.45) is 17.6 Å². The SMILES string of the molecule is CC(C)[C@H](NC(=O)CCCCCN1C(=O)C=CC1=O)/C(F)=C/[C@@H](CCCNC(N)=O)C(=O)Nc1ccc(CO)cc1. The lowest BCUT2D eigenvalue weighted by molar-refractivity contribution is -0.137. The van der Waals surface area contributed by atoms with Crippen molar-refractivity contribution < 1.29 is 33.5 Å². The molecule has 224 valence electrons. The van der Waals surface area contributed by atoms with Crippen LogP contribution in [0.5, 0.6) is 0 Å². The predicted octanol–water partition coefficient (Wildman–Crippen LogP) is 2.66. The fourth-order valence-electron chi connectivity index (χ4n) is 4.23. The number of halogens is 1. The minimum atomic E-state index is -0.948. The van der Waals surface area contributed by atoms with Gasteiger partial charge in [0.1, 0.15) is 5.83 Å². The van der Waals surface area contributed by atoms with E-state index < -0.39 is 29.7 Å². The van der Waals surface area contributed by atoms with Gasteiger partial charge in [-0.25, -0.2) is 9.18 Å². The summed E-state index contributed by atoms with van der Waals surface area (Å²) in [6, 6.07) is 4.93. The maximum atomic E-state index is 15.5. The number of nitrogens with one attached hydrogen (secondary N) is 3. The van der Waals surface area contributed by atoms with E-state index in [1.807, 2.05) is 0 Å². The summed E-state index contributed by atoms with van der Waals surface area (Å²) in [5.74, 6) is -3.35. The zero-order chi connectivity index (χ0) is 30.4. The van der Waals surface area contributed by atoms with Gasteiger partial charge in [-0.1, -0.05) is 32.4 Å². The number of urea groups is 1. The van der Waals surface area contributed by atoms with Crippen molar-refractivity contribution in [3.8, 4) is 0 Å². The third-order valence-electron chi connectivity index (χ3n) is 6.56. The number of amides is 6. The number of anilines is 1. The summed E-state index contributed by atoms with van der Waals surface area (Å²) in [6.07, 6.45) is 6.03. The summed E-state index contributed by atoms with van der Waals surface area (Å²) >= 11 is 0. The molecule has 0 aromatic heterocycles. The number of nitrogens with two attached hydrogens (primary N) is 1. The van der Waals surface area contributed by atoms with E-state index in [2.05, 4.69) is 16.0 Å². The quantitative estimate of drug-likeness (QED) is 0.142. The van der Waals surface area contributed by atoms with Crippen LogP contribution < -0.4 is 21.7 Å². The summed E-state index contributed by atoms with van der Waals surface area (Å²) in [4.78, 5) is 61.0. The van der Waals surface area contributed by atoms with Crippen molar-refractivity contribution >= 4 is 35.3 Å². The van der Waals surface area contributed by atoms with Crippen molar-refractivity contribution in [3.63, 3.8) is 0 Å². The smallest absolute Gasteiger partial charge is 0.312 e. The second kappa shape index (κ2) is 16.9. The molecule has 1 aliphatic heterocycles. The van der Waals surface area contributed by atoms with Crippen molar-refractivity contribution in [1.29, 1.82) is 0 Å². The molecular weight excluding hydrogens is 533 g/mol. The summed E-state index contributed by atoms with van der Waals surface area (Å²) < 4.78 is 15.5. The molecule has 1 heterocycles. The zero-order valence-electron chi connectivity index (χ0n) is 23.5. The number of hydrogen-bond acceptors (Lipinski definition) is 6. The van der Waals surface area contributed by atoms with E-state index in [1.54, 1.807) is 38.1 Å². The largest absolute Gasteiger partial charge is 0.392 e. The number of benzene rings is 1. The highest BCUT2D eigenvalue weighted by Crippen LogP contribution is 2.21. The molecule has 6 amide bonds. The molecule has 11 nitrogen and oxygen atoms in total. The molecule has 0 saturated heterocycles. The molecular formula is C29H40FN5O6. The lowest BCUT2D eigenvalue weighted by atomic mass is 9.96. The number of hydrogen-bond donors (Lipinski definition) is 5. The van der Waals surface area contributed by atoms with Crippen molar-refractivity contribution in [2.75, 3.05) is 18.4 Å². The van der Waals surface area contributed by atoms with Gasteiger partial charge >= 0.3 is 6.03 Å². The van der Waals surface area contributed by atoms with Gasteiger partial charge in [0.2, 0.25) is 11.8 Å². The van der Waals surface area contributed by atoms with E-state index >= 15 is 4.39 Å². The first-order chi connectivity index (χ1) is 19.5. The van der Waals surface area contributed by atoms with Gasteiger partial charge in [0, 0.05) is 37.3 Å². The molecule has 1 aromatic carbocycles. The Morgan fingerprint density at radius 1 is 1.02 bits per heavy atom. The Morgan fingerprint density at radius 2 is 1.68 bits per heavy atom. The second-order valence-corrected chi connectivity index (χ2v) is 10.2. The molecule has 0 aliphatic carbocycles. The molecule has 0 bridgehead atoms. The van der Waals surface area contributed by atoms with Gasteiger partial charge in [-0.2, -0.15) is 0 Å². The molecule has 1 aliphatic rings. The summed E-state index contributed by atoms with van der Waals surface area (Å²) in [6.45, 7) is 3.86. The predicted molar refractivity (Wildman–Crippen MR) is 152 cm³/mol. The fourth-order valence-corrected chi connectivity index (χ4v) is 4.23. The van der Waals surface area contributed by atoms with Crippen LogP contribution in [0.15, 0.2) is 48.3 Å². The van der Waals surface area contributed by atoms with Gasteiger partial charge in [-0.05, 0) is 55.4 Å². The number of rotatable bonds is 17. The molecule has 12 heteroatoms. The van der Waals surface area contributed by atoms with Gasteiger partial charge < -0.3 is 26.8 Å². The number of unbranched alkanes of at least 4 members (excludes halogenated alkanes) is 2. The minimum Gasteiger partial charge on any atom is -0.392 e. The first-order valence-electron chi connectivity index (χ1n) is 13.8. The highest BCUT2D eigenvalue weighted by atomic mass is 19.1. The lowest BCUT2D eigenvalue weighted by Gasteiger charge is -2.22. The number of carbonyl (C=O) groups is 5. The molecule has 6 N–H and O–H groups in total. The molecule has 1 aromatic rings. The zero-order valence-corrected chi connectivity index (χ0v) is 23.5. The van der Waals surface area contributed by atoms with E-state index in [0.29, 0.717) is 36.9 Å². The summed E-state index contributed by atoms with van der Waals surface area (Å²) in [7, 11) is 0. The number of nitrogens with zero attached hydrogens (tertiary/aromatic N) is 1. The number of aliphatic hydroxyl groups is 1. The minimum absolute atomic E-state index is 0.141. The van der Waals surface area contributed by atoms with Crippen LogP contribution in [0.1, 0.15) is 57.9 Å². The van der Waals surface area contributed by atoms with Crippen LogP contribution in [0.3, 0.4) is 0 Å². The van der Waals surface area contributed by atoms with Gasteiger partial charge in [0.05, 0.1) is 18.6 Å². The van der Waals surface area contributed by atoms with Crippen LogP contribution in [-0.2, 0) is 25.8 Å². The Labute approximate surface area is 239 Å². The molecule has 41 heavy (non-hydrogen) atoms. The third-order valence-corrected chi connectivity index (χ3v) is 6.56. The molecule has 0 saturated carbocycles. The maximum Gasteiger partial charge on any atom is 0.312 e. The molecule has 0 radical (unpaired) electrons. The summed E-state index contributed by atoms with van der Waals surface area (Å²) in [5.41, 5.74) is 6.25. The van der Waals surface area contributed by atoms with E-state index in [4.69, 9.17) is 5.73 Å². The average molecular weight is 574 g/mol. The molecule has 0 fully saturated rings. The molecule has 2 rings (SSSR count). The third kappa shape index (κ3) is 11.5. The van der Waals surface area contributed by atoms with Crippen LogP contribution in [-0.4, -0.2) is 58.8 Å². The Kier molecular flexibility index (Phi) is 13.7. The van der Waals surface area contributed by atoms with Crippen LogP contribution >= 0.6 is 0 Å². The van der Waals surface area contributed by atoms with E-state index in [-0.39, 0.29) is 56.2 Å². The second-order valence-electron chi connectivity index (χ2n) is 10.2. The number of carbonyl (C=O) groups excluding carboxylic acids is 5.